The van der Waals surface area contributed by atoms with E-state index in [1.54, 1.807) is 6.20 Å². The lowest BCUT2D eigenvalue weighted by Crippen LogP contribution is -2.05. The van der Waals surface area contributed by atoms with E-state index in [2.05, 4.69) is 54.8 Å². The molecule has 4 N–H and O–H groups in total. The van der Waals surface area contributed by atoms with Gasteiger partial charge in [-0.2, -0.15) is 4.98 Å². The average Bonchev–Trinajstić information content (AvgIpc) is 3.57. The van der Waals surface area contributed by atoms with Crippen LogP contribution in [0, 0.1) is 0 Å². The van der Waals surface area contributed by atoms with Crippen LogP contribution < -0.4 is 15.4 Å². The van der Waals surface area contributed by atoms with Crippen LogP contribution in [0.3, 0.4) is 0 Å². The van der Waals surface area contributed by atoms with Crippen molar-refractivity contribution in [2.45, 2.75) is 13.2 Å². The van der Waals surface area contributed by atoms with Gasteiger partial charge >= 0.3 is 0 Å². The highest BCUT2D eigenvalue weighted by Crippen LogP contribution is 2.35. The fraction of sp³-hybridized carbons (Fsp3) is 0.0714. The number of fused-ring (bicyclic) bond motifs is 2. The van der Waals surface area contributed by atoms with Gasteiger partial charge in [0.2, 0.25) is 5.95 Å². The summed E-state index contributed by atoms with van der Waals surface area (Å²) >= 11 is 0. The van der Waals surface area contributed by atoms with Gasteiger partial charge in [-0.15, -0.1) is 0 Å². The molecule has 7 heteroatoms. The highest BCUT2D eigenvalue weighted by Gasteiger charge is 2.12. The second kappa shape index (κ2) is 9.23. The average molecular weight is 461 g/mol. The summed E-state index contributed by atoms with van der Waals surface area (Å²) in [4.78, 5) is 15.6. The molecule has 6 rings (SSSR count). The SMILES string of the molecule is c1ccc(COc2ccc3[nH]ccc3c2Nc2nccc(NCc3ccc4[nH]ccc4c3)n2)cc1. The summed E-state index contributed by atoms with van der Waals surface area (Å²) in [6.45, 7) is 1.13. The van der Waals surface area contributed by atoms with Crippen molar-refractivity contribution in [3.8, 4) is 5.75 Å². The molecule has 0 aliphatic carbocycles. The van der Waals surface area contributed by atoms with Crippen LogP contribution in [0.4, 0.5) is 17.5 Å². The second-order valence-corrected chi connectivity index (χ2v) is 8.30. The van der Waals surface area contributed by atoms with Gasteiger partial charge in [-0.3, -0.25) is 0 Å². The molecular weight excluding hydrogens is 436 g/mol. The molecule has 0 spiro atoms. The maximum absolute atomic E-state index is 6.19. The lowest BCUT2D eigenvalue weighted by molar-refractivity contribution is 0.308. The van der Waals surface area contributed by atoms with Crippen LogP contribution in [0.15, 0.2) is 97.5 Å². The Hall–Kier alpha value is -4.78. The number of hydrogen-bond donors (Lipinski definition) is 4. The molecule has 7 nitrogen and oxygen atoms in total. The quantitative estimate of drug-likeness (QED) is 0.212. The number of aromatic nitrogens is 4. The van der Waals surface area contributed by atoms with Crippen molar-refractivity contribution in [2.75, 3.05) is 10.6 Å². The van der Waals surface area contributed by atoms with Crippen molar-refractivity contribution < 1.29 is 4.74 Å². The fourth-order valence-corrected chi connectivity index (χ4v) is 4.13. The smallest absolute Gasteiger partial charge is 0.229 e. The maximum Gasteiger partial charge on any atom is 0.229 e. The minimum Gasteiger partial charge on any atom is -0.487 e. The molecule has 3 aromatic heterocycles. The van der Waals surface area contributed by atoms with Gasteiger partial charge < -0.3 is 25.3 Å². The highest BCUT2D eigenvalue weighted by molar-refractivity contribution is 5.96. The number of anilines is 3. The van der Waals surface area contributed by atoms with Crippen LogP contribution in [-0.2, 0) is 13.2 Å². The molecule has 0 bridgehead atoms. The third kappa shape index (κ3) is 4.52. The summed E-state index contributed by atoms with van der Waals surface area (Å²) in [7, 11) is 0. The number of hydrogen-bond acceptors (Lipinski definition) is 5. The van der Waals surface area contributed by atoms with Crippen molar-refractivity contribution >= 4 is 39.3 Å². The summed E-state index contributed by atoms with van der Waals surface area (Å²) in [5, 5.41) is 8.99. The van der Waals surface area contributed by atoms with Gasteiger partial charge in [-0.1, -0.05) is 36.4 Å². The van der Waals surface area contributed by atoms with E-state index in [4.69, 9.17) is 4.74 Å². The molecule has 0 fully saturated rings. The largest absolute Gasteiger partial charge is 0.487 e. The van der Waals surface area contributed by atoms with E-state index in [1.807, 2.05) is 67.0 Å². The van der Waals surface area contributed by atoms with Gasteiger partial charge in [0.15, 0.2) is 0 Å². The maximum atomic E-state index is 6.19. The first-order chi connectivity index (χ1) is 17.3. The van der Waals surface area contributed by atoms with Gasteiger partial charge in [0.05, 0.1) is 5.69 Å². The number of benzene rings is 3. The molecule has 3 aromatic carbocycles. The Bertz CT molecular complexity index is 1590. The number of rotatable bonds is 8. The van der Waals surface area contributed by atoms with E-state index < -0.39 is 0 Å². The predicted molar refractivity (Wildman–Crippen MR) is 140 cm³/mol. The molecule has 3 heterocycles. The highest BCUT2D eigenvalue weighted by atomic mass is 16.5. The zero-order valence-corrected chi connectivity index (χ0v) is 19.0. The third-order valence-electron chi connectivity index (χ3n) is 5.92. The first-order valence-corrected chi connectivity index (χ1v) is 11.5. The van der Waals surface area contributed by atoms with E-state index in [0.29, 0.717) is 19.1 Å². The van der Waals surface area contributed by atoms with E-state index in [-0.39, 0.29) is 0 Å². The van der Waals surface area contributed by atoms with Crippen molar-refractivity contribution in [3.05, 3.63) is 109 Å². The zero-order chi connectivity index (χ0) is 23.5. The lowest BCUT2D eigenvalue weighted by Gasteiger charge is -2.14. The zero-order valence-electron chi connectivity index (χ0n) is 19.0. The molecule has 172 valence electrons. The fourth-order valence-electron chi connectivity index (χ4n) is 4.13. The van der Waals surface area contributed by atoms with E-state index >= 15 is 0 Å². The minimum absolute atomic E-state index is 0.472. The Morgan fingerprint density at radius 2 is 1.66 bits per heavy atom. The molecule has 0 amide bonds. The van der Waals surface area contributed by atoms with Crippen LogP contribution in [0.1, 0.15) is 11.1 Å². The summed E-state index contributed by atoms with van der Waals surface area (Å²) in [6.07, 6.45) is 5.61. The molecule has 0 radical (unpaired) electrons. The molecular formula is C28H24N6O. The third-order valence-corrected chi connectivity index (χ3v) is 5.92. The molecule has 35 heavy (non-hydrogen) atoms. The van der Waals surface area contributed by atoms with Crippen LogP contribution in [0.25, 0.3) is 21.8 Å². The monoisotopic (exact) mass is 460 g/mol. The van der Waals surface area contributed by atoms with Crippen molar-refractivity contribution in [3.63, 3.8) is 0 Å². The van der Waals surface area contributed by atoms with E-state index in [0.717, 1.165) is 39.2 Å². The van der Waals surface area contributed by atoms with Crippen molar-refractivity contribution in [1.29, 1.82) is 0 Å². The van der Waals surface area contributed by atoms with Gasteiger partial charge in [0.1, 0.15) is 18.2 Å². The number of aromatic amines is 2. The van der Waals surface area contributed by atoms with Crippen LogP contribution in [0.2, 0.25) is 0 Å². The molecule has 0 unspecified atom stereocenters. The molecule has 0 saturated carbocycles. The van der Waals surface area contributed by atoms with Crippen LogP contribution in [-0.4, -0.2) is 19.9 Å². The van der Waals surface area contributed by atoms with Gasteiger partial charge in [0.25, 0.3) is 0 Å². The first kappa shape index (κ1) is 20.8. The minimum atomic E-state index is 0.472. The van der Waals surface area contributed by atoms with Crippen LogP contribution >= 0.6 is 0 Å². The Kier molecular flexibility index (Phi) is 5.48. The molecule has 0 aliphatic rings. The van der Waals surface area contributed by atoms with Gasteiger partial charge in [0, 0.05) is 41.6 Å². The summed E-state index contributed by atoms with van der Waals surface area (Å²) in [5.74, 6) is 1.97. The van der Waals surface area contributed by atoms with Gasteiger partial charge in [-0.25, -0.2) is 4.98 Å². The van der Waals surface area contributed by atoms with Crippen LogP contribution in [0.5, 0.6) is 5.75 Å². The van der Waals surface area contributed by atoms with E-state index in [1.165, 1.54) is 10.9 Å². The first-order valence-electron chi connectivity index (χ1n) is 11.5. The molecule has 0 saturated heterocycles. The summed E-state index contributed by atoms with van der Waals surface area (Å²) in [6, 6.07) is 26.4. The number of nitrogens with zero attached hydrogens (tertiary/aromatic N) is 2. The standard InChI is InChI=1S/C28H24N6O/c1-2-4-19(5-3-1)18-35-25-9-8-24-22(11-14-30-24)27(25)34-28-31-15-12-26(33-28)32-17-20-6-7-23-21(16-20)10-13-29-23/h1-16,29-30H,17-18H2,(H2,31,32,33,34). The molecule has 0 aliphatic heterocycles. The summed E-state index contributed by atoms with van der Waals surface area (Å²) in [5.41, 5.74) is 5.25. The Morgan fingerprint density at radius 3 is 2.60 bits per heavy atom. The lowest BCUT2D eigenvalue weighted by atomic mass is 10.1. The topological polar surface area (TPSA) is 90.6 Å². The van der Waals surface area contributed by atoms with Crippen molar-refractivity contribution in [2.24, 2.45) is 0 Å². The molecule has 0 atom stereocenters. The number of nitrogens with one attached hydrogen (secondary N) is 4. The number of ether oxygens (including phenoxy) is 1. The molecule has 6 aromatic rings. The van der Waals surface area contributed by atoms with E-state index in [9.17, 15) is 0 Å². The Morgan fingerprint density at radius 1 is 0.800 bits per heavy atom. The Labute approximate surface area is 202 Å². The second-order valence-electron chi connectivity index (χ2n) is 8.30. The Balaban J connectivity index is 1.22. The number of H-pyrrole nitrogens is 2. The predicted octanol–water partition coefficient (Wildman–Crippen LogP) is 6.37. The normalized spacial score (nSPS) is 11.1. The van der Waals surface area contributed by atoms with Gasteiger partial charge in [-0.05, 0) is 59.0 Å². The summed E-state index contributed by atoms with van der Waals surface area (Å²) < 4.78 is 6.19. The van der Waals surface area contributed by atoms with Crippen molar-refractivity contribution in [1.82, 2.24) is 19.9 Å².